The van der Waals surface area contributed by atoms with Gasteiger partial charge in [-0.15, -0.1) is 0 Å². The predicted molar refractivity (Wildman–Crippen MR) is 51.1 cm³/mol. The smallest absolute Gasteiger partial charge is 0.133 e. The largest absolute Gasteiger partial charge is 0.493 e. The second-order valence-electron chi connectivity index (χ2n) is 1.86. The molecule has 3 heteroatoms. The van der Waals surface area contributed by atoms with E-state index in [1.807, 2.05) is 31.2 Å². The van der Waals surface area contributed by atoms with Crippen LogP contribution in [0.3, 0.4) is 0 Å². The van der Waals surface area contributed by atoms with Gasteiger partial charge >= 0.3 is 0 Å². The monoisotopic (exact) mass is 224 g/mol. The average Bonchev–Trinajstić information content (AvgIpc) is 1.94. The van der Waals surface area contributed by atoms with E-state index in [9.17, 15) is 0 Å². The highest BCUT2D eigenvalue weighted by Gasteiger charge is 1.94. The minimum Gasteiger partial charge on any atom is -0.493 e. The molecule has 1 rings (SSSR count). The molecule has 11 heavy (non-hydrogen) atoms. The number of hydrogen-bond donors (Lipinski definition) is 0. The molecule has 0 heterocycles. The van der Waals surface area contributed by atoms with Crippen LogP contribution in [0.15, 0.2) is 28.7 Å². The molecule has 0 atom stereocenters. The molecule has 0 saturated heterocycles. The summed E-state index contributed by atoms with van der Waals surface area (Å²) in [6, 6.07) is 7.82. The molecular weight excluding hydrogens is 216 g/mol. The topological polar surface area (TPSA) is 9.23 Å². The summed E-state index contributed by atoms with van der Waals surface area (Å²) >= 11 is 3.37. The van der Waals surface area contributed by atoms with Crippen molar-refractivity contribution in [2.75, 3.05) is 6.61 Å². The lowest BCUT2D eigenvalue weighted by molar-refractivity contribution is 0.338. The molecule has 0 aliphatic rings. The standard InChI is InChI=1S/C8H9BrO.Mg/c1-2-10-8-6-4-3-5-7(8)9;/h3-6H,2H2,1H3;. The molecule has 0 spiro atoms. The van der Waals surface area contributed by atoms with Crippen LogP contribution in [-0.2, 0) is 0 Å². The zero-order valence-corrected chi connectivity index (χ0v) is 9.51. The van der Waals surface area contributed by atoms with Crippen LogP contribution in [0.25, 0.3) is 0 Å². The third-order valence-corrected chi connectivity index (χ3v) is 1.79. The van der Waals surface area contributed by atoms with Crippen LogP contribution in [0.4, 0.5) is 0 Å². The van der Waals surface area contributed by atoms with Crippen molar-refractivity contribution in [2.24, 2.45) is 0 Å². The molecule has 0 saturated carbocycles. The first-order valence-corrected chi connectivity index (χ1v) is 4.01. The Labute approximate surface area is 91.4 Å². The van der Waals surface area contributed by atoms with Crippen molar-refractivity contribution in [1.82, 2.24) is 0 Å². The Hall–Kier alpha value is 0.266. The normalized spacial score (nSPS) is 8.55. The van der Waals surface area contributed by atoms with Crippen molar-refractivity contribution in [3.05, 3.63) is 28.7 Å². The molecule has 2 radical (unpaired) electrons. The molecule has 1 aromatic carbocycles. The predicted octanol–water partition coefficient (Wildman–Crippen LogP) is 2.47. The molecule has 0 N–H and O–H groups in total. The fourth-order valence-electron chi connectivity index (χ4n) is 0.717. The van der Waals surface area contributed by atoms with Crippen molar-refractivity contribution in [3.63, 3.8) is 0 Å². The van der Waals surface area contributed by atoms with E-state index in [1.165, 1.54) is 0 Å². The summed E-state index contributed by atoms with van der Waals surface area (Å²) in [6.45, 7) is 2.68. The van der Waals surface area contributed by atoms with Gasteiger partial charge in [0.25, 0.3) is 0 Å². The van der Waals surface area contributed by atoms with E-state index in [0.29, 0.717) is 6.61 Å². The van der Waals surface area contributed by atoms with Gasteiger partial charge in [0.1, 0.15) is 5.75 Å². The van der Waals surface area contributed by atoms with E-state index in [2.05, 4.69) is 15.9 Å². The first-order valence-electron chi connectivity index (χ1n) is 3.22. The van der Waals surface area contributed by atoms with Crippen molar-refractivity contribution >= 4 is 39.0 Å². The van der Waals surface area contributed by atoms with E-state index < -0.39 is 0 Å². The molecule has 0 unspecified atom stereocenters. The SMILES string of the molecule is CCOc1ccccc1Br.[Mg]. The number of ether oxygens (including phenoxy) is 1. The van der Waals surface area contributed by atoms with E-state index in [4.69, 9.17) is 4.74 Å². The summed E-state index contributed by atoms with van der Waals surface area (Å²) in [4.78, 5) is 0. The second-order valence-corrected chi connectivity index (χ2v) is 2.72. The number of hydrogen-bond acceptors (Lipinski definition) is 1. The number of halogens is 1. The Bertz CT molecular complexity index is 215. The maximum atomic E-state index is 5.29. The Kier molecular flexibility index (Phi) is 6.00. The minimum absolute atomic E-state index is 0. The van der Waals surface area contributed by atoms with E-state index in [0.717, 1.165) is 10.2 Å². The van der Waals surface area contributed by atoms with Crippen molar-refractivity contribution < 1.29 is 4.74 Å². The molecule has 0 fully saturated rings. The lowest BCUT2D eigenvalue weighted by Crippen LogP contribution is -1.91. The quantitative estimate of drug-likeness (QED) is 0.703. The maximum absolute atomic E-state index is 5.29. The van der Waals surface area contributed by atoms with E-state index in [1.54, 1.807) is 0 Å². The number of para-hydroxylation sites is 1. The first-order chi connectivity index (χ1) is 4.84. The molecule has 0 bridgehead atoms. The zero-order chi connectivity index (χ0) is 7.40. The summed E-state index contributed by atoms with van der Waals surface area (Å²) in [5.74, 6) is 0.907. The fraction of sp³-hybridized carbons (Fsp3) is 0.250. The van der Waals surface area contributed by atoms with Crippen LogP contribution in [0, 0.1) is 0 Å². The number of rotatable bonds is 2. The summed E-state index contributed by atoms with van der Waals surface area (Å²) in [5.41, 5.74) is 0. The molecule has 0 aliphatic heterocycles. The molecule has 1 aromatic rings. The summed E-state index contributed by atoms with van der Waals surface area (Å²) in [5, 5.41) is 0. The number of benzene rings is 1. The fourth-order valence-corrected chi connectivity index (χ4v) is 1.12. The van der Waals surface area contributed by atoms with Gasteiger partial charge in [-0.3, -0.25) is 0 Å². The average molecular weight is 225 g/mol. The first kappa shape index (κ1) is 11.3. The van der Waals surface area contributed by atoms with E-state index >= 15 is 0 Å². The molecule has 0 amide bonds. The van der Waals surface area contributed by atoms with Gasteiger partial charge in [-0.2, -0.15) is 0 Å². The Morgan fingerprint density at radius 3 is 2.55 bits per heavy atom. The van der Waals surface area contributed by atoms with Gasteiger partial charge in [-0.05, 0) is 35.0 Å². The third-order valence-electron chi connectivity index (χ3n) is 1.14. The highest BCUT2D eigenvalue weighted by atomic mass is 79.9. The zero-order valence-electron chi connectivity index (χ0n) is 6.51. The molecule has 0 aliphatic carbocycles. The van der Waals surface area contributed by atoms with E-state index in [-0.39, 0.29) is 23.1 Å². The highest BCUT2D eigenvalue weighted by Crippen LogP contribution is 2.23. The Morgan fingerprint density at radius 2 is 2.00 bits per heavy atom. The lowest BCUT2D eigenvalue weighted by Gasteiger charge is -2.03. The minimum atomic E-state index is 0. The maximum Gasteiger partial charge on any atom is 0.133 e. The summed E-state index contributed by atoms with van der Waals surface area (Å²) < 4.78 is 6.30. The van der Waals surface area contributed by atoms with Crippen LogP contribution in [0.2, 0.25) is 0 Å². The van der Waals surface area contributed by atoms with Crippen molar-refractivity contribution in [3.8, 4) is 5.75 Å². The van der Waals surface area contributed by atoms with Gasteiger partial charge in [-0.1, -0.05) is 12.1 Å². The lowest BCUT2D eigenvalue weighted by atomic mass is 10.3. The highest BCUT2D eigenvalue weighted by molar-refractivity contribution is 9.10. The Balaban J connectivity index is 0.000001000. The second kappa shape index (κ2) is 5.86. The van der Waals surface area contributed by atoms with Gasteiger partial charge in [0.2, 0.25) is 0 Å². The van der Waals surface area contributed by atoms with Gasteiger partial charge in [0.05, 0.1) is 11.1 Å². The van der Waals surface area contributed by atoms with Gasteiger partial charge in [-0.25, -0.2) is 0 Å². The van der Waals surface area contributed by atoms with Crippen molar-refractivity contribution in [1.29, 1.82) is 0 Å². The van der Waals surface area contributed by atoms with Gasteiger partial charge < -0.3 is 4.74 Å². The van der Waals surface area contributed by atoms with Crippen LogP contribution in [0.1, 0.15) is 6.92 Å². The molecule has 0 aromatic heterocycles. The van der Waals surface area contributed by atoms with Crippen LogP contribution in [0.5, 0.6) is 5.75 Å². The van der Waals surface area contributed by atoms with Crippen LogP contribution >= 0.6 is 15.9 Å². The molecular formula is C8H9BrMgO. The summed E-state index contributed by atoms with van der Waals surface area (Å²) in [6.07, 6.45) is 0. The van der Waals surface area contributed by atoms with Crippen LogP contribution < -0.4 is 4.74 Å². The van der Waals surface area contributed by atoms with Crippen LogP contribution in [-0.4, -0.2) is 29.7 Å². The third kappa shape index (κ3) is 3.45. The molecule has 1 nitrogen and oxygen atoms in total. The van der Waals surface area contributed by atoms with Gasteiger partial charge in [0.15, 0.2) is 0 Å². The Morgan fingerprint density at radius 1 is 1.36 bits per heavy atom. The summed E-state index contributed by atoms with van der Waals surface area (Å²) in [7, 11) is 0. The molecule has 56 valence electrons. The van der Waals surface area contributed by atoms with Gasteiger partial charge in [0, 0.05) is 23.1 Å². The van der Waals surface area contributed by atoms with Crippen molar-refractivity contribution in [2.45, 2.75) is 6.92 Å².